The van der Waals surface area contributed by atoms with Crippen molar-refractivity contribution in [1.29, 1.82) is 0 Å². The third kappa shape index (κ3) is 4.31. The number of ether oxygens (including phenoxy) is 1. The van der Waals surface area contributed by atoms with Gasteiger partial charge in [0, 0.05) is 42.5 Å². The van der Waals surface area contributed by atoms with Crippen molar-refractivity contribution in [1.82, 2.24) is 19.8 Å². The molecule has 38 heavy (non-hydrogen) atoms. The van der Waals surface area contributed by atoms with Crippen LogP contribution in [-0.4, -0.2) is 63.3 Å². The summed E-state index contributed by atoms with van der Waals surface area (Å²) in [4.78, 5) is 51.0. The van der Waals surface area contributed by atoms with Gasteiger partial charge >= 0.3 is 0 Å². The number of nitrogens with zero attached hydrogens (tertiary/aromatic N) is 4. The molecule has 0 saturated carbocycles. The van der Waals surface area contributed by atoms with E-state index in [-0.39, 0.29) is 37.0 Å². The molecule has 3 aliphatic rings. The van der Waals surface area contributed by atoms with Crippen LogP contribution in [0, 0.1) is 0 Å². The average Bonchev–Trinajstić information content (AvgIpc) is 3.38. The summed E-state index contributed by atoms with van der Waals surface area (Å²) in [7, 11) is 0. The van der Waals surface area contributed by atoms with Gasteiger partial charge in [-0.15, -0.1) is 0 Å². The maximum Gasteiger partial charge on any atom is 0.261 e. The third-order valence-electron chi connectivity index (χ3n) is 7.40. The molecule has 3 aliphatic heterocycles. The summed E-state index contributed by atoms with van der Waals surface area (Å²) in [5.41, 5.74) is 3.86. The van der Waals surface area contributed by atoms with Crippen LogP contribution in [0.2, 0.25) is 5.02 Å². The first-order chi connectivity index (χ1) is 18.4. The molecule has 1 unspecified atom stereocenters. The molecule has 1 aromatic heterocycles. The van der Waals surface area contributed by atoms with Gasteiger partial charge in [0.2, 0.25) is 11.9 Å². The Morgan fingerprint density at radius 3 is 2.68 bits per heavy atom. The summed E-state index contributed by atoms with van der Waals surface area (Å²) >= 11 is 6.45. The number of nitrogens with one attached hydrogen (secondary N) is 1. The molecule has 0 radical (unpaired) electrons. The van der Waals surface area contributed by atoms with Crippen molar-refractivity contribution in [3.63, 3.8) is 0 Å². The maximum absolute atomic E-state index is 13.3. The van der Waals surface area contributed by atoms with E-state index < -0.39 is 5.91 Å². The highest BCUT2D eigenvalue weighted by atomic mass is 35.5. The van der Waals surface area contributed by atoms with Crippen LogP contribution in [0.25, 0.3) is 11.3 Å². The lowest BCUT2D eigenvalue weighted by Gasteiger charge is -2.23. The lowest BCUT2D eigenvalue weighted by Crippen LogP contribution is -2.41. The zero-order chi connectivity index (χ0) is 26.4. The quantitative estimate of drug-likeness (QED) is 0.528. The minimum absolute atomic E-state index is 0.180. The molecule has 1 atom stereocenters. The molecular weight excluding hydrogens is 506 g/mol. The molecule has 1 saturated heterocycles. The zero-order valence-corrected chi connectivity index (χ0v) is 21.6. The van der Waals surface area contributed by atoms with E-state index >= 15 is 0 Å². The van der Waals surface area contributed by atoms with Crippen LogP contribution in [0.15, 0.2) is 48.7 Å². The fraction of sp³-hybridized carbons (Fsp3) is 0.321. The Hall–Kier alpha value is -3.82. The van der Waals surface area contributed by atoms with Gasteiger partial charge < -0.3 is 15.0 Å². The molecule has 10 heteroatoms. The smallest absolute Gasteiger partial charge is 0.261 e. The topological polar surface area (TPSA) is 105 Å². The van der Waals surface area contributed by atoms with Crippen molar-refractivity contribution < 1.29 is 19.1 Å². The fourth-order valence-electron chi connectivity index (χ4n) is 5.37. The first-order valence-electron chi connectivity index (χ1n) is 12.7. The van der Waals surface area contributed by atoms with Gasteiger partial charge in [-0.25, -0.2) is 9.97 Å². The lowest BCUT2D eigenvalue weighted by atomic mass is 10.0. The van der Waals surface area contributed by atoms with Crippen molar-refractivity contribution in [2.75, 3.05) is 25.1 Å². The Morgan fingerprint density at radius 1 is 1.11 bits per heavy atom. The van der Waals surface area contributed by atoms with E-state index in [9.17, 15) is 14.4 Å². The molecule has 1 fully saturated rings. The maximum atomic E-state index is 13.3. The van der Waals surface area contributed by atoms with Crippen molar-refractivity contribution in [2.45, 2.75) is 38.4 Å². The number of halogens is 1. The number of rotatable bonds is 5. The third-order valence-corrected chi connectivity index (χ3v) is 7.68. The zero-order valence-electron chi connectivity index (χ0n) is 20.8. The van der Waals surface area contributed by atoms with Gasteiger partial charge in [0.15, 0.2) is 0 Å². The Bertz CT molecular complexity index is 1450. The Balaban J connectivity index is 1.19. The highest BCUT2D eigenvalue weighted by Gasteiger charge is 2.39. The minimum Gasteiger partial charge on any atom is -0.381 e. The van der Waals surface area contributed by atoms with Crippen LogP contribution in [0.4, 0.5) is 5.95 Å². The number of carbonyl (C=O) groups is 3. The Kier molecular flexibility index (Phi) is 6.33. The van der Waals surface area contributed by atoms with Crippen LogP contribution in [0.3, 0.4) is 0 Å². The van der Waals surface area contributed by atoms with E-state index in [1.807, 2.05) is 31.2 Å². The standard InChI is InChI=1S/C28H26ClN5O4/c1-16-20-4-2-3-5-21(20)27(37)34(16)24(35)15-33-14-18-7-6-17(12-22(18)26(33)36)25-23(29)13-30-28(32-25)31-19-8-10-38-11-9-19/h2-7,12-13,16,19H,8-11,14-15H2,1H3,(H,30,31,32). The van der Waals surface area contributed by atoms with Crippen molar-refractivity contribution in [2.24, 2.45) is 0 Å². The van der Waals surface area contributed by atoms with Gasteiger partial charge in [-0.05, 0) is 43.0 Å². The van der Waals surface area contributed by atoms with Crippen molar-refractivity contribution >= 4 is 35.3 Å². The average molecular weight is 532 g/mol. The number of hydrogen-bond donors (Lipinski definition) is 1. The summed E-state index contributed by atoms with van der Waals surface area (Å²) in [6.07, 6.45) is 3.30. The number of anilines is 1. The Morgan fingerprint density at radius 2 is 1.89 bits per heavy atom. The second kappa shape index (κ2) is 9.81. The Labute approximate surface area is 224 Å². The molecule has 1 N–H and O–H groups in total. The fourth-order valence-corrected chi connectivity index (χ4v) is 5.57. The molecule has 6 rings (SSSR count). The number of carbonyl (C=O) groups excluding carboxylic acids is 3. The lowest BCUT2D eigenvalue weighted by molar-refractivity contribution is -0.130. The first kappa shape index (κ1) is 24.5. The van der Waals surface area contributed by atoms with Crippen LogP contribution in [0.5, 0.6) is 0 Å². The highest BCUT2D eigenvalue weighted by molar-refractivity contribution is 6.33. The van der Waals surface area contributed by atoms with E-state index in [0.29, 0.717) is 46.6 Å². The van der Waals surface area contributed by atoms with Crippen molar-refractivity contribution in [3.05, 3.63) is 75.9 Å². The van der Waals surface area contributed by atoms with Crippen LogP contribution < -0.4 is 5.32 Å². The molecule has 3 aromatic rings. The number of fused-ring (bicyclic) bond motifs is 2. The molecule has 9 nitrogen and oxygen atoms in total. The predicted octanol–water partition coefficient (Wildman–Crippen LogP) is 4.09. The molecule has 0 spiro atoms. The largest absolute Gasteiger partial charge is 0.381 e. The summed E-state index contributed by atoms with van der Waals surface area (Å²) in [5, 5.41) is 3.72. The van der Waals surface area contributed by atoms with E-state index in [2.05, 4.69) is 15.3 Å². The second-order valence-corrected chi connectivity index (χ2v) is 10.2. The summed E-state index contributed by atoms with van der Waals surface area (Å²) < 4.78 is 5.41. The van der Waals surface area contributed by atoms with Crippen LogP contribution in [-0.2, 0) is 16.1 Å². The number of benzene rings is 2. The van der Waals surface area contributed by atoms with Gasteiger partial charge in [-0.2, -0.15) is 0 Å². The molecule has 4 heterocycles. The van der Waals surface area contributed by atoms with E-state index in [0.717, 1.165) is 24.0 Å². The number of aromatic nitrogens is 2. The SMILES string of the molecule is CC1c2ccccc2C(=O)N1C(=O)CN1Cc2ccc(-c3nc(NC4CCOCC4)ncc3Cl)cc2C1=O. The van der Waals surface area contributed by atoms with Gasteiger partial charge in [-0.3, -0.25) is 19.3 Å². The predicted molar refractivity (Wildman–Crippen MR) is 141 cm³/mol. The number of imide groups is 1. The summed E-state index contributed by atoms with van der Waals surface area (Å²) in [5.74, 6) is -0.519. The molecule has 0 aliphatic carbocycles. The molecule has 194 valence electrons. The number of amides is 3. The molecule has 2 aromatic carbocycles. The summed E-state index contributed by atoms with van der Waals surface area (Å²) in [6, 6.07) is 12.5. The monoisotopic (exact) mass is 531 g/mol. The van der Waals surface area contributed by atoms with Crippen LogP contribution >= 0.6 is 11.6 Å². The molecule has 3 amide bonds. The molecule has 0 bridgehead atoms. The van der Waals surface area contributed by atoms with Crippen molar-refractivity contribution in [3.8, 4) is 11.3 Å². The normalized spacial score (nSPS) is 19.1. The molecular formula is C28H26ClN5O4. The minimum atomic E-state index is -0.400. The van der Waals surface area contributed by atoms with Gasteiger partial charge in [0.05, 0.1) is 23.0 Å². The first-order valence-corrected chi connectivity index (χ1v) is 13.0. The van der Waals surface area contributed by atoms with E-state index in [1.54, 1.807) is 24.4 Å². The number of hydrogen-bond acceptors (Lipinski definition) is 7. The van der Waals surface area contributed by atoms with E-state index in [1.165, 1.54) is 9.80 Å². The van der Waals surface area contributed by atoms with Crippen LogP contribution in [0.1, 0.15) is 57.7 Å². The van der Waals surface area contributed by atoms with Gasteiger partial charge in [0.25, 0.3) is 11.8 Å². The van der Waals surface area contributed by atoms with E-state index in [4.69, 9.17) is 16.3 Å². The second-order valence-electron chi connectivity index (χ2n) is 9.79. The van der Waals surface area contributed by atoms with Gasteiger partial charge in [-0.1, -0.05) is 41.9 Å². The summed E-state index contributed by atoms with van der Waals surface area (Å²) in [6.45, 7) is 3.33. The van der Waals surface area contributed by atoms with Gasteiger partial charge in [0.1, 0.15) is 6.54 Å². The highest BCUT2D eigenvalue weighted by Crippen LogP contribution is 2.35.